The molecule has 1 saturated heterocycles. The number of ether oxygens (including phenoxy) is 1. The zero-order valence-corrected chi connectivity index (χ0v) is 18.2. The van der Waals surface area contributed by atoms with Crippen LogP contribution >= 0.6 is 11.6 Å². The number of halogens is 1. The van der Waals surface area contributed by atoms with E-state index in [0.717, 1.165) is 18.4 Å². The van der Waals surface area contributed by atoms with Crippen molar-refractivity contribution in [2.75, 3.05) is 13.1 Å². The summed E-state index contributed by atoms with van der Waals surface area (Å²) in [6.07, 6.45) is 1.10. The monoisotopic (exact) mass is 417 g/mol. The van der Waals surface area contributed by atoms with Gasteiger partial charge in [-0.2, -0.15) is 5.10 Å². The zero-order chi connectivity index (χ0) is 21.1. The average Bonchev–Trinajstić information content (AvgIpc) is 2.96. The van der Waals surface area contributed by atoms with Gasteiger partial charge in [0.2, 0.25) is 0 Å². The van der Waals surface area contributed by atoms with E-state index in [9.17, 15) is 9.59 Å². The molecule has 1 aliphatic rings. The molecule has 1 atom stereocenters. The molecule has 2 heterocycles. The Morgan fingerprint density at radius 2 is 1.83 bits per heavy atom. The number of hydrogen-bond acceptors (Lipinski definition) is 4. The van der Waals surface area contributed by atoms with Crippen molar-refractivity contribution in [1.29, 1.82) is 0 Å². The number of rotatable bonds is 5. The highest BCUT2D eigenvalue weighted by atomic mass is 35.5. The molecular formula is C22H28ClN3O3. The molecule has 0 saturated carbocycles. The maximum absolute atomic E-state index is 12.7. The number of esters is 1. The first kappa shape index (κ1) is 21.4. The zero-order valence-electron chi connectivity index (χ0n) is 17.4. The molecule has 0 N–H and O–H groups in total. The van der Waals surface area contributed by atoms with Crippen LogP contribution < -0.4 is 0 Å². The van der Waals surface area contributed by atoms with Crippen LogP contribution in [0.1, 0.15) is 53.9 Å². The molecule has 3 rings (SSSR count). The molecule has 29 heavy (non-hydrogen) atoms. The number of hydrogen-bond donors (Lipinski definition) is 0. The first-order chi connectivity index (χ1) is 13.8. The number of amides is 1. The summed E-state index contributed by atoms with van der Waals surface area (Å²) >= 11 is 6.44. The number of aromatic nitrogens is 2. The van der Waals surface area contributed by atoms with Gasteiger partial charge in [-0.15, -0.1) is 0 Å². The molecule has 0 aliphatic carbocycles. The fourth-order valence-electron chi connectivity index (χ4n) is 3.51. The molecule has 1 aromatic heterocycles. The molecule has 156 valence electrons. The Morgan fingerprint density at radius 1 is 1.21 bits per heavy atom. The highest BCUT2D eigenvalue weighted by Gasteiger charge is 2.29. The summed E-state index contributed by atoms with van der Waals surface area (Å²) in [6.45, 7) is 9.39. The molecule has 1 aromatic carbocycles. The number of nitrogens with zero attached hydrogens (tertiary/aromatic N) is 3. The molecular weight excluding hydrogens is 390 g/mol. The minimum Gasteiger partial charge on any atom is -0.449 e. The molecule has 6 nitrogen and oxygen atoms in total. The van der Waals surface area contributed by atoms with E-state index in [1.165, 1.54) is 5.56 Å². The second-order valence-electron chi connectivity index (χ2n) is 7.95. The van der Waals surface area contributed by atoms with Crippen molar-refractivity contribution in [3.8, 4) is 0 Å². The highest BCUT2D eigenvalue weighted by Crippen LogP contribution is 2.23. The van der Waals surface area contributed by atoms with Crippen LogP contribution in [0.2, 0.25) is 5.15 Å². The number of likely N-dealkylation sites (tertiary alicyclic amines) is 1. The number of benzene rings is 1. The van der Waals surface area contributed by atoms with Crippen LogP contribution in [0.25, 0.3) is 0 Å². The lowest BCUT2D eigenvalue weighted by Crippen LogP contribution is -2.44. The van der Waals surface area contributed by atoms with Crippen molar-refractivity contribution >= 4 is 23.5 Å². The third-order valence-corrected chi connectivity index (χ3v) is 5.83. The second-order valence-corrected chi connectivity index (χ2v) is 8.31. The van der Waals surface area contributed by atoms with E-state index in [1.54, 1.807) is 23.4 Å². The van der Waals surface area contributed by atoms with Crippen molar-refractivity contribution in [3.05, 3.63) is 51.8 Å². The lowest BCUT2D eigenvalue weighted by molar-refractivity contribution is -0.141. The van der Waals surface area contributed by atoms with E-state index >= 15 is 0 Å². The Kier molecular flexibility index (Phi) is 6.63. The summed E-state index contributed by atoms with van der Waals surface area (Å²) in [5.74, 6) is -0.155. The summed E-state index contributed by atoms with van der Waals surface area (Å²) in [7, 11) is 0. The maximum atomic E-state index is 12.7. The smallest absolute Gasteiger partial charge is 0.343 e. The molecule has 1 fully saturated rings. The minimum absolute atomic E-state index is 0.161. The summed E-state index contributed by atoms with van der Waals surface area (Å²) < 4.78 is 7.03. The topological polar surface area (TPSA) is 64.4 Å². The van der Waals surface area contributed by atoms with E-state index in [0.29, 0.717) is 31.2 Å². The number of aryl methyl sites for hydroxylation is 2. The van der Waals surface area contributed by atoms with Gasteiger partial charge >= 0.3 is 5.97 Å². The van der Waals surface area contributed by atoms with Crippen molar-refractivity contribution in [2.24, 2.45) is 5.92 Å². The van der Waals surface area contributed by atoms with E-state index in [-0.39, 0.29) is 16.6 Å². The number of piperidine rings is 1. The van der Waals surface area contributed by atoms with Gasteiger partial charge in [0.15, 0.2) is 6.10 Å². The fourth-order valence-corrected chi connectivity index (χ4v) is 3.82. The third kappa shape index (κ3) is 4.99. The summed E-state index contributed by atoms with van der Waals surface area (Å²) in [5, 5.41) is 4.61. The Morgan fingerprint density at radius 3 is 2.45 bits per heavy atom. The first-order valence-corrected chi connectivity index (χ1v) is 10.4. The fraction of sp³-hybridized carbons (Fsp3) is 0.500. The van der Waals surface area contributed by atoms with Crippen LogP contribution in [0.4, 0.5) is 0 Å². The second kappa shape index (κ2) is 8.99. The van der Waals surface area contributed by atoms with Gasteiger partial charge in [0.05, 0.1) is 12.2 Å². The van der Waals surface area contributed by atoms with E-state index in [2.05, 4.69) is 12.0 Å². The minimum atomic E-state index is -0.855. The normalized spacial score (nSPS) is 16.0. The Labute approximate surface area is 176 Å². The Bertz CT molecular complexity index is 883. The molecule has 1 aliphatic heterocycles. The molecule has 0 radical (unpaired) electrons. The lowest BCUT2D eigenvalue weighted by atomic mass is 9.99. The molecule has 0 bridgehead atoms. The molecule has 7 heteroatoms. The van der Waals surface area contributed by atoms with Gasteiger partial charge in [0.25, 0.3) is 5.91 Å². The SMILES string of the molecule is Cc1ccc(Cn2nc(C)c(C(=O)OC(C)C(=O)N3CCC(C)CC3)c2Cl)cc1. The van der Waals surface area contributed by atoms with Crippen LogP contribution in [0.3, 0.4) is 0 Å². The first-order valence-electron chi connectivity index (χ1n) is 10.0. The van der Waals surface area contributed by atoms with Crippen LogP contribution in [0.15, 0.2) is 24.3 Å². The molecule has 2 aromatic rings. The van der Waals surface area contributed by atoms with Crippen molar-refractivity contribution in [1.82, 2.24) is 14.7 Å². The molecule has 0 spiro atoms. The standard InChI is InChI=1S/C22H28ClN3O3/c1-14-5-7-18(8-6-14)13-26-20(23)19(16(3)24-26)22(28)29-17(4)21(27)25-11-9-15(2)10-12-25/h5-8,15,17H,9-13H2,1-4H3. The Hall–Kier alpha value is -2.34. The summed E-state index contributed by atoms with van der Waals surface area (Å²) in [5.41, 5.74) is 2.90. The van der Waals surface area contributed by atoms with Gasteiger partial charge in [-0.25, -0.2) is 9.48 Å². The predicted molar refractivity (Wildman–Crippen MR) is 112 cm³/mol. The Balaban J connectivity index is 1.68. The summed E-state index contributed by atoms with van der Waals surface area (Å²) in [4.78, 5) is 27.1. The van der Waals surface area contributed by atoms with Gasteiger partial charge in [0, 0.05) is 13.1 Å². The van der Waals surface area contributed by atoms with Crippen LogP contribution in [-0.2, 0) is 16.1 Å². The van der Waals surface area contributed by atoms with E-state index < -0.39 is 12.1 Å². The largest absolute Gasteiger partial charge is 0.449 e. The summed E-state index contributed by atoms with van der Waals surface area (Å²) in [6, 6.07) is 8.04. The van der Waals surface area contributed by atoms with Gasteiger partial charge in [-0.1, -0.05) is 48.4 Å². The molecule has 1 amide bonds. The van der Waals surface area contributed by atoms with Gasteiger partial charge in [0.1, 0.15) is 10.7 Å². The lowest BCUT2D eigenvalue weighted by Gasteiger charge is -2.31. The predicted octanol–water partition coefficient (Wildman–Crippen LogP) is 4.01. The van der Waals surface area contributed by atoms with Crippen LogP contribution in [0.5, 0.6) is 0 Å². The van der Waals surface area contributed by atoms with Gasteiger partial charge < -0.3 is 9.64 Å². The van der Waals surface area contributed by atoms with Gasteiger partial charge in [-0.05, 0) is 45.1 Å². The van der Waals surface area contributed by atoms with Crippen molar-refractivity contribution in [2.45, 2.75) is 53.2 Å². The molecule has 1 unspecified atom stereocenters. The third-order valence-electron chi connectivity index (χ3n) is 5.45. The van der Waals surface area contributed by atoms with Crippen molar-refractivity contribution in [3.63, 3.8) is 0 Å². The number of carbonyl (C=O) groups excluding carboxylic acids is 2. The van der Waals surface area contributed by atoms with Crippen LogP contribution in [-0.4, -0.2) is 45.8 Å². The van der Waals surface area contributed by atoms with Crippen molar-refractivity contribution < 1.29 is 14.3 Å². The maximum Gasteiger partial charge on any atom is 0.343 e. The highest BCUT2D eigenvalue weighted by molar-refractivity contribution is 6.32. The van der Waals surface area contributed by atoms with Crippen LogP contribution in [0, 0.1) is 19.8 Å². The quantitative estimate of drug-likeness (QED) is 0.689. The van der Waals surface area contributed by atoms with E-state index in [4.69, 9.17) is 16.3 Å². The van der Waals surface area contributed by atoms with Gasteiger partial charge in [-0.3, -0.25) is 4.79 Å². The number of carbonyl (C=O) groups is 2. The van der Waals surface area contributed by atoms with E-state index in [1.807, 2.05) is 31.2 Å². The average molecular weight is 418 g/mol.